The molecule has 5 nitrogen and oxygen atoms in total. The van der Waals surface area contributed by atoms with Gasteiger partial charge in [0.05, 0.1) is 5.01 Å². The van der Waals surface area contributed by atoms with Gasteiger partial charge in [0.15, 0.2) is 0 Å². The number of carbonyl (C=O) groups is 2. The van der Waals surface area contributed by atoms with Crippen LogP contribution in [-0.4, -0.2) is 34.8 Å². The molecule has 1 atom stereocenters. The highest BCUT2D eigenvalue weighted by molar-refractivity contribution is 7.09. The van der Waals surface area contributed by atoms with E-state index in [9.17, 15) is 14.0 Å². The molecule has 1 aromatic heterocycles. The number of nitrogens with zero attached hydrogens (tertiary/aromatic N) is 2. The highest BCUT2D eigenvalue weighted by Crippen LogP contribution is 2.26. The second-order valence-electron chi connectivity index (χ2n) is 5.62. The van der Waals surface area contributed by atoms with Crippen molar-refractivity contribution in [1.82, 2.24) is 15.2 Å². The van der Waals surface area contributed by atoms with Crippen molar-refractivity contribution in [3.8, 4) is 0 Å². The van der Waals surface area contributed by atoms with Gasteiger partial charge in [-0.15, -0.1) is 11.3 Å². The van der Waals surface area contributed by atoms with E-state index in [0.717, 1.165) is 17.8 Å². The minimum absolute atomic E-state index is 0.294. The second kappa shape index (κ2) is 7.09. The summed E-state index contributed by atoms with van der Waals surface area (Å²) in [4.78, 5) is 31.0. The Balaban J connectivity index is 1.90. The van der Waals surface area contributed by atoms with E-state index >= 15 is 0 Å². The van der Waals surface area contributed by atoms with Crippen molar-refractivity contribution in [2.75, 3.05) is 13.1 Å². The molecule has 0 aliphatic carbocycles. The lowest BCUT2D eigenvalue weighted by molar-refractivity contribution is -0.128. The summed E-state index contributed by atoms with van der Waals surface area (Å²) >= 11 is 1.45. The van der Waals surface area contributed by atoms with Gasteiger partial charge in [0.1, 0.15) is 17.6 Å². The summed E-state index contributed by atoms with van der Waals surface area (Å²) in [6.07, 6.45) is 1.78. The van der Waals surface area contributed by atoms with Crippen LogP contribution in [0.25, 0.3) is 0 Å². The quantitative estimate of drug-likeness (QED) is 0.924. The number of aromatic nitrogens is 1. The average Bonchev–Trinajstić information content (AvgIpc) is 3.03. The monoisotopic (exact) mass is 347 g/mol. The molecule has 1 aliphatic heterocycles. The number of nitrogens with one attached hydrogen (secondary N) is 1. The first-order valence-corrected chi connectivity index (χ1v) is 8.76. The molecule has 0 bridgehead atoms. The van der Waals surface area contributed by atoms with Crippen LogP contribution < -0.4 is 5.32 Å². The van der Waals surface area contributed by atoms with Gasteiger partial charge < -0.3 is 10.2 Å². The number of piperazine rings is 1. The van der Waals surface area contributed by atoms with E-state index < -0.39 is 11.9 Å². The summed E-state index contributed by atoms with van der Waals surface area (Å²) < 4.78 is 13.5. The summed E-state index contributed by atoms with van der Waals surface area (Å²) in [5.41, 5.74) is 0.809. The number of benzene rings is 1. The first-order valence-electron chi connectivity index (χ1n) is 7.88. The fourth-order valence-corrected chi connectivity index (χ4v) is 3.65. The highest BCUT2D eigenvalue weighted by atomic mass is 32.1. The number of carbonyl (C=O) groups excluding carboxylic acids is 2. The molecule has 0 spiro atoms. The fourth-order valence-electron chi connectivity index (χ4n) is 2.78. The topological polar surface area (TPSA) is 62.3 Å². The van der Waals surface area contributed by atoms with Gasteiger partial charge in [-0.3, -0.25) is 9.59 Å². The number of hydrogen-bond donors (Lipinski definition) is 1. The fraction of sp³-hybridized carbons (Fsp3) is 0.353. The van der Waals surface area contributed by atoms with Gasteiger partial charge in [-0.05, 0) is 30.5 Å². The smallest absolute Gasteiger partial charge is 0.274 e. The van der Waals surface area contributed by atoms with Crippen molar-refractivity contribution in [3.63, 3.8) is 0 Å². The van der Waals surface area contributed by atoms with Crippen molar-refractivity contribution in [3.05, 3.63) is 51.7 Å². The number of rotatable bonds is 4. The lowest BCUT2D eigenvalue weighted by Gasteiger charge is -2.34. The van der Waals surface area contributed by atoms with Crippen LogP contribution in [0.2, 0.25) is 0 Å². The van der Waals surface area contributed by atoms with Crippen LogP contribution in [0.4, 0.5) is 4.39 Å². The van der Waals surface area contributed by atoms with Crippen molar-refractivity contribution < 1.29 is 14.0 Å². The summed E-state index contributed by atoms with van der Waals surface area (Å²) in [5, 5.41) is 5.37. The molecule has 24 heavy (non-hydrogen) atoms. The molecule has 1 aliphatic rings. The van der Waals surface area contributed by atoms with Crippen molar-refractivity contribution in [2.24, 2.45) is 0 Å². The van der Waals surface area contributed by atoms with Gasteiger partial charge in [0.25, 0.3) is 5.91 Å². The Morgan fingerprint density at radius 2 is 2.33 bits per heavy atom. The third-order valence-corrected chi connectivity index (χ3v) is 4.78. The first-order chi connectivity index (χ1) is 11.6. The molecule has 1 saturated heterocycles. The molecule has 0 radical (unpaired) electrons. The Morgan fingerprint density at radius 3 is 3.08 bits per heavy atom. The number of amides is 2. The normalized spacial score (nSPS) is 17.7. The Hall–Kier alpha value is -2.28. The maximum absolute atomic E-state index is 13.5. The zero-order valence-corrected chi connectivity index (χ0v) is 14.1. The Morgan fingerprint density at radius 1 is 1.50 bits per heavy atom. The standard InChI is InChI=1S/C17H18FN3O2S/c1-2-4-14-20-13(10-24-14)17(23)21-8-7-19-16(22)15(21)11-5-3-6-12(18)9-11/h3,5-6,9-10,15H,2,4,7-8H2,1H3,(H,19,22)/t15-/m0/s1. The van der Waals surface area contributed by atoms with Crippen LogP contribution in [0, 0.1) is 5.82 Å². The maximum atomic E-state index is 13.5. The van der Waals surface area contributed by atoms with Gasteiger partial charge in [0.2, 0.25) is 5.91 Å². The molecule has 1 fully saturated rings. The van der Waals surface area contributed by atoms with Crippen LogP contribution >= 0.6 is 11.3 Å². The molecular formula is C17H18FN3O2S. The number of thiazole rings is 1. The molecule has 3 rings (SSSR count). The van der Waals surface area contributed by atoms with E-state index in [4.69, 9.17) is 0 Å². The molecular weight excluding hydrogens is 329 g/mol. The largest absolute Gasteiger partial charge is 0.352 e. The molecule has 126 valence electrons. The zero-order chi connectivity index (χ0) is 17.1. The molecule has 7 heteroatoms. The Labute approximate surface area is 143 Å². The number of aryl methyl sites for hydroxylation is 1. The van der Waals surface area contributed by atoms with Crippen LogP contribution in [0.1, 0.15) is 40.4 Å². The minimum Gasteiger partial charge on any atom is -0.352 e. The minimum atomic E-state index is -0.835. The van der Waals surface area contributed by atoms with E-state index in [2.05, 4.69) is 17.2 Å². The van der Waals surface area contributed by atoms with Gasteiger partial charge in [0, 0.05) is 18.5 Å². The van der Waals surface area contributed by atoms with E-state index in [1.54, 1.807) is 11.4 Å². The number of hydrogen-bond acceptors (Lipinski definition) is 4. The lowest BCUT2D eigenvalue weighted by atomic mass is 10.0. The second-order valence-corrected chi connectivity index (χ2v) is 6.57. The predicted octanol–water partition coefficient (Wildman–Crippen LogP) is 2.55. The van der Waals surface area contributed by atoms with E-state index in [0.29, 0.717) is 24.3 Å². The Bertz CT molecular complexity index is 762. The van der Waals surface area contributed by atoms with Gasteiger partial charge in [-0.2, -0.15) is 0 Å². The van der Waals surface area contributed by atoms with Gasteiger partial charge in [-0.1, -0.05) is 19.1 Å². The van der Waals surface area contributed by atoms with Crippen LogP contribution in [-0.2, 0) is 11.2 Å². The molecule has 0 unspecified atom stereocenters. The predicted molar refractivity (Wildman–Crippen MR) is 89.3 cm³/mol. The third-order valence-electron chi connectivity index (χ3n) is 3.87. The van der Waals surface area contributed by atoms with Crippen LogP contribution in [0.15, 0.2) is 29.6 Å². The van der Waals surface area contributed by atoms with Crippen molar-refractivity contribution in [2.45, 2.75) is 25.8 Å². The average molecular weight is 347 g/mol. The zero-order valence-electron chi connectivity index (χ0n) is 13.3. The van der Waals surface area contributed by atoms with Crippen LogP contribution in [0.3, 0.4) is 0 Å². The lowest BCUT2D eigenvalue weighted by Crippen LogP contribution is -2.52. The van der Waals surface area contributed by atoms with E-state index in [1.165, 1.54) is 34.4 Å². The maximum Gasteiger partial charge on any atom is 0.274 e. The molecule has 1 aromatic carbocycles. The SMILES string of the molecule is CCCc1nc(C(=O)N2CCNC(=O)[C@@H]2c2cccc(F)c2)cs1. The van der Waals surface area contributed by atoms with Gasteiger partial charge >= 0.3 is 0 Å². The van der Waals surface area contributed by atoms with Gasteiger partial charge in [-0.25, -0.2) is 9.37 Å². The molecule has 0 saturated carbocycles. The van der Waals surface area contributed by atoms with Crippen LogP contribution in [0.5, 0.6) is 0 Å². The van der Waals surface area contributed by atoms with Crippen molar-refractivity contribution in [1.29, 1.82) is 0 Å². The molecule has 2 amide bonds. The number of halogens is 1. The summed E-state index contributed by atoms with van der Waals surface area (Å²) in [7, 11) is 0. The Kier molecular flexibility index (Phi) is 4.89. The molecule has 2 heterocycles. The highest BCUT2D eigenvalue weighted by Gasteiger charge is 2.35. The first kappa shape index (κ1) is 16.6. The molecule has 2 aromatic rings. The van der Waals surface area contributed by atoms with E-state index in [-0.39, 0.29) is 11.8 Å². The third kappa shape index (κ3) is 3.31. The van der Waals surface area contributed by atoms with Crippen molar-refractivity contribution >= 4 is 23.2 Å². The van der Waals surface area contributed by atoms with E-state index in [1.807, 2.05) is 0 Å². The summed E-state index contributed by atoms with van der Waals surface area (Å²) in [5.74, 6) is -1.03. The summed E-state index contributed by atoms with van der Waals surface area (Å²) in [6, 6.07) is 4.96. The summed E-state index contributed by atoms with van der Waals surface area (Å²) in [6.45, 7) is 2.80. The molecule has 1 N–H and O–H groups in total.